The molecule has 0 N–H and O–H groups in total. The first kappa shape index (κ1) is 23.6. The fourth-order valence-electron chi connectivity index (χ4n) is 5.03. The lowest BCUT2D eigenvalue weighted by molar-refractivity contribution is 0.0146. The summed E-state index contributed by atoms with van der Waals surface area (Å²) in [5.41, 5.74) is 1.66. The Bertz CT molecular complexity index is 958. The highest BCUT2D eigenvalue weighted by Crippen LogP contribution is 2.35. The third-order valence-corrected chi connectivity index (χ3v) is 6.52. The molecule has 1 amide bonds. The van der Waals surface area contributed by atoms with Gasteiger partial charge in [0.15, 0.2) is 0 Å². The molecule has 180 valence electrons. The van der Waals surface area contributed by atoms with E-state index in [9.17, 15) is 4.79 Å². The van der Waals surface area contributed by atoms with E-state index in [1.807, 2.05) is 37.9 Å². The SMILES string of the molecule is COc1ccc2cccnc2c1N1CCCN(CC2CCCN(C(=O)OC(C)(C)C)C2)CC1. The van der Waals surface area contributed by atoms with Gasteiger partial charge in [0.05, 0.1) is 12.6 Å². The number of ether oxygens (including phenoxy) is 2. The molecule has 1 aromatic carbocycles. The average molecular weight is 455 g/mol. The fourth-order valence-corrected chi connectivity index (χ4v) is 5.03. The summed E-state index contributed by atoms with van der Waals surface area (Å²) in [6.45, 7) is 12.4. The van der Waals surface area contributed by atoms with Crippen molar-refractivity contribution >= 4 is 22.7 Å². The summed E-state index contributed by atoms with van der Waals surface area (Å²) in [6.07, 6.45) is 4.98. The van der Waals surface area contributed by atoms with Gasteiger partial charge < -0.3 is 24.2 Å². The molecule has 3 heterocycles. The van der Waals surface area contributed by atoms with Gasteiger partial charge in [0, 0.05) is 50.9 Å². The third-order valence-electron chi connectivity index (χ3n) is 6.52. The molecule has 4 rings (SSSR count). The minimum absolute atomic E-state index is 0.176. The largest absolute Gasteiger partial charge is 0.494 e. The molecule has 2 aromatic rings. The molecule has 2 aliphatic heterocycles. The lowest BCUT2D eigenvalue weighted by Crippen LogP contribution is -2.46. The molecule has 7 heteroatoms. The summed E-state index contributed by atoms with van der Waals surface area (Å²) in [7, 11) is 1.73. The standard InChI is InChI=1S/C26H38N4O3/c1-26(2,3)33-25(31)30-14-6-8-20(19-30)18-28-13-7-15-29(17-16-28)24-22(32-4)11-10-21-9-5-12-27-23(21)24/h5,9-12,20H,6-8,13-19H2,1-4H3. The van der Waals surface area contributed by atoms with Gasteiger partial charge in [-0.05, 0) is 70.7 Å². The van der Waals surface area contributed by atoms with Crippen molar-refractivity contribution in [3.63, 3.8) is 0 Å². The van der Waals surface area contributed by atoms with E-state index < -0.39 is 5.60 Å². The van der Waals surface area contributed by atoms with Crippen molar-refractivity contribution in [2.75, 3.05) is 57.8 Å². The van der Waals surface area contributed by atoms with Gasteiger partial charge >= 0.3 is 6.09 Å². The number of piperidine rings is 1. The minimum Gasteiger partial charge on any atom is -0.494 e. The Kier molecular flexibility index (Phi) is 7.27. The average Bonchev–Trinajstić information content (AvgIpc) is 3.02. The smallest absolute Gasteiger partial charge is 0.410 e. The van der Waals surface area contributed by atoms with Crippen LogP contribution in [0.25, 0.3) is 10.9 Å². The lowest BCUT2D eigenvalue weighted by atomic mass is 9.97. The second kappa shape index (κ2) is 10.2. The van der Waals surface area contributed by atoms with E-state index in [0.717, 1.165) is 81.0 Å². The number of hydrogen-bond acceptors (Lipinski definition) is 6. The van der Waals surface area contributed by atoms with Crippen LogP contribution in [0.3, 0.4) is 0 Å². The van der Waals surface area contributed by atoms with E-state index in [1.54, 1.807) is 7.11 Å². The Morgan fingerprint density at radius 1 is 1.09 bits per heavy atom. The first-order valence-electron chi connectivity index (χ1n) is 12.2. The molecular weight excluding hydrogens is 416 g/mol. The quantitative estimate of drug-likeness (QED) is 0.682. The zero-order valence-corrected chi connectivity index (χ0v) is 20.5. The molecule has 0 saturated carbocycles. The van der Waals surface area contributed by atoms with Gasteiger partial charge in [0.2, 0.25) is 0 Å². The summed E-state index contributed by atoms with van der Waals surface area (Å²) < 4.78 is 11.3. The number of nitrogens with zero attached hydrogens (tertiary/aromatic N) is 4. The third kappa shape index (κ3) is 5.88. The van der Waals surface area contributed by atoms with Crippen molar-refractivity contribution in [2.24, 2.45) is 5.92 Å². The first-order valence-corrected chi connectivity index (χ1v) is 12.2. The Balaban J connectivity index is 1.39. The van der Waals surface area contributed by atoms with Crippen LogP contribution in [0.5, 0.6) is 5.75 Å². The van der Waals surface area contributed by atoms with Crippen molar-refractivity contribution in [2.45, 2.75) is 45.6 Å². The number of amides is 1. The van der Waals surface area contributed by atoms with E-state index in [2.05, 4.69) is 33.0 Å². The number of aromatic nitrogens is 1. The summed E-state index contributed by atoms with van der Waals surface area (Å²) in [5.74, 6) is 1.38. The van der Waals surface area contributed by atoms with Gasteiger partial charge in [0.25, 0.3) is 0 Å². The lowest BCUT2D eigenvalue weighted by Gasteiger charge is -2.36. The molecule has 0 bridgehead atoms. The normalized spacial score (nSPS) is 20.5. The van der Waals surface area contributed by atoms with Gasteiger partial charge in [0.1, 0.15) is 17.0 Å². The molecule has 0 aliphatic carbocycles. The van der Waals surface area contributed by atoms with E-state index in [-0.39, 0.29) is 6.09 Å². The minimum atomic E-state index is -0.449. The van der Waals surface area contributed by atoms with Crippen LogP contribution in [-0.2, 0) is 4.74 Å². The predicted octanol–water partition coefficient (Wildman–Crippen LogP) is 4.40. The van der Waals surface area contributed by atoms with Gasteiger partial charge in [-0.3, -0.25) is 4.98 Å². The summed E-state index contributed by atoms with van der Waals surface area (Å²) in [4.78, 5) is 24.1. The molecule has 2 aliphatic rings. The van der Waals surface area contributed by atoms with Gasteiger partial charge in [-0.15, -0.1) is 0 Å². The number of carbonyl (C=O) groups is 1. The zero-order chi connectivity index (χ0) is 23.4. The summed E-state index contributed by atoms with van der Waals surface area (Å²) in [5, 5.41) is 1.14. The number of anilines is 1. The molecular formula is C26H38N4O3. The van der Waals surface area contributed by atoms with Crippen LogP contribution in [0.2, 0.25) is 0 Å². The molecule has 33 heavy (non-hydrogen) atoms. The molecule has 0 spiro atoms. The Labute approximate surface area is 197 Å². The molecule has 2 saturated heterocycles. The monoisotopic (exact) mass is 454 g/mol. The highest BCUT2D eigenvalue weighted by atomic mass is 16.6. The Morgan fingerprint density at radius 3 is 2.73 bits per heavy atom. The van der Waals surface area contributed by atoms with Crippen LogP contribution in [0.15, 0.2) is 30.5 Å². The molecule has 7 nitrogen and oxygen atoms in total. The maximum Gasteiger partial charge on any atom is 0.410 e. The Hall–Kier alpha value is -2.54. The van der Waals surface area contributed by atoms with E-state index in [0.29, 0.717) is 5.92 Å². The maximum absolute atomic E-state index is 12.5. The number of fused-ring (bicyclic) bond motifs is 1. The van der Waals surface area contributed by atoms with E-state index >= 15 is 0 Å². The number of pyridine rings is 1. The van der Waals surface area contributed by atoms with Crippen molar-refractivity contribution in [3.05, 3.63) is 30.5 Å². The van der Waals surface area contributed by atoms with Gasteiger partial charge in [-0.25, -0.2) is 4.79 Å². The van der Waals surface area contributed by atoms with E-state index in [1.165, 1.54) is 6.42 Å². The number of carbonyl (C=O) groups excluding carboxylic acids is 1. The maximum atomic E-state index is 12.5. The number of hydrogen-bond donors (Lipinski definition) is 0. The molecule has 1 aromatic heterocycles. The number of rotatable bonds is 4. The Morgan fingerprint density at radius 2 is 1.94 bits per heavy atom. The second-order valence-corrected chi connectivity index (χ2v) is 10.3. The van der Waals surface area contributed by atoms with Crippen LogP contribution < -0.4 is 9.64 Å². The van der Waals surface area contributed by atoms with Crippen LogP contribution in [0.1, 0.15) is 40.0 Å². The molecule has 1 atom stereocenters. The number of benzene rings is 1. The predicted molar refractivity (Wildman–Crippen MR) is 132 cm³/mol. The van der Waals surface area contributed by atoms with Crippen molar-refractivity contribution in [1.29, 1.82) is 0 Å². The van der Waals surface area contributed by atoms with Crippen molar-refractivity contribution < 1.29 is 14.3 Å². The summed E-state index contributed by atoms with van der Waals surface area (Å²) >= 11 is 0. The van der Waals surface area contributed by atoms with Crippen LogP contribution >= 0.6 is 0 Å². The molecule has 2 fully saturated rings. The van der Waals surface area contributed by atoms with Crippen LogP contribution in [0, 0.1) is 5.92 Å². The van der Waals surface area contributed by atoms with Crippen LogP contribution in [-0.4, -0.2) is 79.4 Å². The highest BCUT2D eigenvalue weighted by Gasteiger charge is 2.29. The zero-order valence-electron chi connectivity index (χ0n) is 20.5. The molecule has 1 unspecified atom stereocenters. The fraction of sp³-hybridized carbons (Fsp3) is 0.615. The first-order chi connectivity index (χ1) is 15.8. The molecule has 0 radical (unpaired) electrons. The number of methoxy groups -OCH3 is 1. The summed E-state index contributed by atoms with van der Waals surface area (Å²) in [6, 6.07) is 8.21. The highest BCUT2D eigenvalue weighted by molar-refractivity contribution is 5.94. The van der Waals surface area contributed by atoms with Crippen molar-refractivity contribution in [1.82, 2.24) is 14.8 Å². The van der Waals surface area contributed by atoms with Gasteiger partial charge in [-0.2, -0.15) is 0 Å². The van der Waals surface area contributed by atoms with Gasteiger partial charge in [-0.1, -0.05) is 6.07 Å². The second-order valence-electron chi connectivity index (χ2n) is 10.3. The van der Waals surface area contributed by atoms with Crippen LogP contribution in [0.4, 0.5) is 10.5 Å². The number of likely N-dealkylation sites (tertiary alicyclic amines) is 1. The van der Waals surface area contributed by atoms with E-state index in [4.69, 9.17) is 9.47 Å². The van der Waals surface area contributed by atoms with Crippen molar-refractivity contribution in [3.8, 4) is 5.75 Å². The topological polar surface area (TPSA) is 58.1 Å².